The zero-order valence-electron chi connectivity index (χ0n) is 10.3. The van der Waals surface area contributed by atoms with E-state index in [0.717, 1.165) is 5.57 Å². The summed E-state index contributed by atoms with van der Waals surface area (Å²) in [6, 6.07) is -0.263. The fourth-order valence-electron chi connectivity index (χ4n) is 1.90. The molecule has 96 valence electrons. The van der Waals surface area contributed by atoms with Crippen molar-refractivity contribution in [2.45, 2.75) is 32.2 Å². The van der Waals surface area contributed by atoms with Crippen LogP contribution in [0.25, 0.3) is 0 Å². The minimum absolute atomic E-state index is 0.145. The maximum Gasteiger partial charge on any atom is 0.266 e. The zero-order chi connectivity index (χ0) is 13.1. The van der Waals surface area contributed by atoms with Crippen molar-refractivity contribution in [2.24, 2.45) is 10.7 Å². The van der Waals surface area contributed by atoms with Crippen molar-refractivity contribution in [1.82, 2.24) is 4.90 Å². The summed E-state index contributed by atoms with van der Waals surface area (Å²) in [4.78, 5) is 5.41. The lowest BCUT2D eigenvalue weighted by molar-refractivity contribution is 0.0150. The summed E-state index contributed by atoms with van der Waals surface area (Å²) < 4.78 is 26.3. The maximum absolute atomic E-state index is 13.2. The zero-order valence-corrected chi connectivity index (χ0v) is 10.3. The van der Waals surface area contributed by atoms with Gasteiger partial charge in [0.15, 0.2) is 0 Å². The predicted octanol–water partition coefficient (Wildman–Crippen LogP) is 2.16. The van der Waals surface area contributed by atoms with E-state index in [1.807, 2.05) is 13.0 Å². The Labute approximate surface area is 101 Å². The molecule has 0 saturated carbocycles. The number of nitrogens with zero attached hydrogens (tertiary/aromatic N) is 2. The molecule has 0 aliphatic carbocycles. The second kappa shape index (κ2) is 5.40. The van der Waals surface area contributed by atoms with Crippen LogP contribution < -0.4 is 5.73 Å². The Morgan fingerprint density at radius 3 is 2.59 bits per heavy atom. The van der Waals surface area contributed by atoms with E-state index < -0.39 is 5.92 Å². The predicted molar refractivity (Wildman–Crippen MR) is 66.2 cm³/mol. The summed E-state index contributed by atoms with van der Waals surface area (Å²) in [5.74, 6) is -2.18. The molecule has 0 aromatic heterocycles. The molecule has 0 amide bonds. The molecule has 17 heavy (non-hydrogen) atoms. The van der Waals surface area contributed by atoms with Crippen molar-refractivity contribution in [3.63, 3.8) is 0 Å². The molecule has 0 spiro atoms. The van der Waals surface area contributed by atoms with Gasteiger partial charge in [0.05, 0.1) is 6.54 Å². The Hall–Kier alpha value is -1.23. The van der Waals surface area contributed by atoms with Crippen LogP contribution in [0, 0.1) is 0 Å². The Balaban J connectivity index is 3.04. The summed E-state index contributed by atoms with van der Waals surface area (Å²) in [5, 5.41) is 0. The molecule has 1 atom stereocenters. The highest BCUT2D eigenvalue weighted by Gasteiger charge is 2.39. The van der Waals surface area contributed by atoms with Crippen LogP contribution in [0.3, 0.4) is 0 Å². The first-order valence-electron chi connectivity index (χ1n) is 5.63. The molecule has 1 aliphatic rings. The number of nitrogens with two attached hydrogens (primary N) is 1. The third kappa shape index (κ3) is 3.36. The van der Waals surface area contributed by atoms with Crippen LogP contribution >= 0.6 is 0 Å². The van der Waals surface area contributed by atoms with Gasteiger partial charge < -0.3 is 10.6 Å². The second-order valence-electron chi connectivity index (χ2n) is 4.25. The molecule has 3 nitrogen and oxygen atoms in total. The third-order valence-corrected chi connectivity index (χ3v) is 2.71. The normalized spacial score (nSPS) is 22.8. The standard InChI is InChI=1S/C12H19F2N3/c1-4-5-10(9(2)15)11(16-3)17-7-6-12(13,14)8-17/h4-5,9H,3,6-8,15H2,1-2H3/b5-4-,11-10-. The minimum Gasteiger partial charge on any atom is -0.350 e. The van der Waals surface area contributed by atoms with E-state index in [0.29, 0.717) is 5.82 Å². The fourth-order valence-corrected chi connectivity index (χ4v) is 1.90. The topological polar surface area (TPSA) is 41.6 Å². The van der Waals surface area contributed by atoms with Crippen LogP contribution in [0.5, 0.6) is 0 Å². The van der Waals surface area contributed by atoms with E-state index in [4.69, 9.17) is 5.73 Å². The van der Waals surface area contributed by atoms with Gasteiger partial charge in [0.25, 0.3) is 5.92 Å². The number of hydrogen-bond acceptors (Lipinski definition) is 3. The summed E-state index contributed by atoms with van der Waals surface area (Å²) in [6.07, 6.45) is 3.47. The third-order valence-electron chi connectivity index (χ3n) is 2.71. The summed E-state index contributed by atoms with van der Waals surface area (Å²) in [7, 11) is 0. The molecule has 1 aliphatic heterocycles. The number of likely N-dealkylation sites (tertiary alicyclic amines) is 1. The quantitative estimate of drug-likeness (QED) is 0.607. The Morgan fingerprint density at radius 2 is 2.24 bits per heavy atom. The average molecular weight is 243 g/mol. The van der Waals surface area contributed by atoms with Crippen molar-refractivity contribution >= 4 is 6.72 Å². The summed E-state index contributed by atoms with van der Waals surface area (Å²) in [5.41, 5.74) is 6.56. The van der Waals surface area contributed by atoms with Gasteiger partial charge in [0.1, 0.15) is 5.82 Å². The Morgan fingerprint density at radius 1 is 1.59 bits per heavy atom. The highest BCUT2D eigenvalue weighted by molar-refractivity contribution is 5.36. The number of alkyl halides is 2. The average Bonchev–Trinajstić information content (AvgIpc) is 2.58. The molecule has 1 unspecified atom stereocenters. The Kier molecular flexibility index (Phi) is 4.40. The van der Waals surface area contributed by atoms with Crippen molar-refractivity contribution in [3.8, 4) is 0 Å². The molecule has 1 rings (SSSR count). The molecule has 2 N–H and O–H groups in total. The van der Waals surface area contributed by atoms with Crippen LogP contribution in [0.15, 0.2) is 28.5 Å². The highest BCUT2D eigenvalue weighted by atomic mass is 19.3. The first kappa shape index (κ1) is 13.8. The Bertz CT molecular complexity index is 346. The van der Waals surface area contributed by atoms with Gasteiger partial charge in [-0.1, -0.05) is 12.2 Å². The lowest BCUT2D eigenvalue weighted by Gasteiger charge is -2.22. The molecule has 1 saturated heterocycles. The van der Waals surface area contributed by atoms with E-state index in [1.165, 1.54) is 0 Å². The summed E-state index contributed by atoms with van der Waals surface area (Å²) in [6.45, 7) is 7.08. The fraction of sp³-hybridized carbons (Fsp3) is 0.583. The molecule has 0 aromatic rings. The van der Waals surface area contributed by atoms with Crippen LogP contribution in [0.2, 0.25) is 0 Å². The van der Waals surface area contributed by atoms with Gasteiger partial charge in [-0.15, -0.1) is 0 Å². The number of allylic oxidation sites excluding steroid dienone is 1. The monoisotopic (exact) mass is 243 g/mol. The van der Waals surface area contributed by atoms with Crippen LogP contribution in [-0.2, 0) is 0 Å². The van der Waals surface area contributed by atoms with Gasteiger partial charge in [-0.3, -0.25) is 0 Å². The maximum atomic E-state index is 13.2. The van der Waals surface area contributed by atoms with Crippen LogP contribution in [-0.4, -0.2) is 36.7 Å². The highest BCUT2D eigenvalue weighted by Crippen LogP contribution is 2.31. The van der Waals surface area contributed by atoms with Gasteiger partial charge in [0, 0.05) is 24.6 Å². The largest absolute Gasteiger partial charge is 0.350 e. The molecular weight excluding hydrogens is 224 g/mol. The van der Waals surface area contributed by atoms with Crippen molar-refractivity contribution < 1.29 is 8.78 Å². The van der Waals surface area contributed by atoms with Gasteiger partial charge in [0.2, 0.25) is 0 Å². The van der Waals surface area contributed by atoms with Gasteiger partial charge in [-0.2, -0.15) is 0 Å². The first-order valence-corrected chi connectivity index (χ1v) is 5.63. The first-order chi connectivity index (χ1) is 7.91. The number of aliphatic imine (C=N–C) groups is 1. The molecule has 0 aromatic carbocycles. The molecule has 0 bridgehead atoms. The smallest absolute Gasteiger partial charge is 0.266 e. The lowest BCUT2D eigenvalue weighted by atomic mass is 10.1. The number of rotatable bonds is 4. The van der Waals surface area contributed by atoms with E-state index in [-0.39, 0.29) is 25.6 Å². The SMILES string of the molecule is C=N/C(=C(\C=C/C)C(C)N)N1CCC(F)(F)C1. The molecule has 1 fully saturated rings. The summed E-state index contributed by atoms with van der Waals surface area (Å²) >= 11 is 0. The minimum atomic E-state index is -2.64. The molecular formula is C12H19F2N3. The van der Waals surface area contributed by atoms with Crippen molar-refractivity contribution in [2.75, 3.05) is 13.1 Å². The van der Waals surface area contributed by atoms with E-state index in [2.05, 4.69) is 11.7 Å². The van der Waals surface area contributed by atoms with E-state index in [1.54, 1.807) is 17.9 Å². The number of halogens is 2. The molecule has 1 heterocycles. The molecule has 0 radical (unpaired) electrons. The lowest BCUT2D eigenvalue weighted by Crippen LogP contribution is -2.28. The second-order valence-corrected chi connectivity index (χ2v) is 4.25. The van der Waals surface area contributed by atoms with Gasteiger partial charge >= 0.3 is 0 Å². The van der Waals surface area contributed by atoms with Crippen molar-refractivity contribution in [3.05, 3.63) is 23.5 Å². The molecule has 5 heteroatoms. The van der Waals surface area contributed by atoms with Gasteiger partial charge in [-0.25, -0.2) is 13.8 Å². The van der Waals surface area contributed by atoms with Crippen LogP contribution in [0.4, 0.5) is 8.78 Å². The van der Waals surface area contributed by atoms with E-state index >= 15 is 0 Å². The van der Waals surface area contributed by atoms with Crippen molar-refractivity contribution in [1.29, 1.82) is 0 Å². The number of hydrogen-bond donors (Lipinski definition) is 1. The van der Waals surface area contributed by atoms with Gasteiger partial charge in [-0.05, 0) is 20.6 Å². The van der Waals surface area contributed by atoms with Crippen LogP contribution in [0.1, 0.15) is 20.3 Å². The van der Waals surface area contributed by atoms with E-state index in [9.17, 15) is 8.78 Å².